The molecule has 2 heterocycles. The lowest BCUT2D eigenvalue weighted by Gasteiger charge is -2.20. The molecule has 0 spiro atoms. The Morgan fingerprint density at radius 2 is 1.95 bits per heavy atom. The van der Waals surface area contributed by atoms with Crippen LogP contribution in [-0.4, -0.2) is 4.98 Å². The summed E-state index contributed by atoms with van der Waals surface area (Å²) in [5.74, 6) is 0.925. The molecule has 0 bridgehead atoms. The fraction of sp³-hybridized carbons (Fsp3) is 0.118. The molecule has 19 heavy (non-hydrogen) atoms. The first-order valence-electron chi connectivity index (χ1n) is 6.44. The third kappa shape index (κ3) is 1.60. The normalized spacial score (nSPS) is 12.7. The van der Waals surface area contributed by atoms with Crippen LogP contribution in [0.25, 0.3) is 22.2 Å². The van der Waals surface area contributed by atoms with E-state index in [0.29, 0.717) is 6.61 Å². The van der Waals surface area contributed by atoms with Crippen molar-refractivity contribution in [2.75, 3.05) is 0 Å². The Morgan fingerprint density at radius 3 is 2.89 bits per heavy atom. The average Bonchev–Trinajstić information content (AvgIpc) is 2.45. The molecular weight excluding hydrogens is 234 g/mol. The van der Waals surface area contributed by atoms with Gasteiger partial charge in [-0.3, -0.25) is 0 Å². The minimum Gasteiger partial charge on any atom is -0.488 e. The zero-order valence-corrected chi connectivity index (χ0v) is 10.7. The summed E-state index contributed by atoms with van der Waals surface area (Å²) in [7, 11) is 0. The maximum atomic E-state index is 5.79. The fourth-order valence-electron chi connectivity index (χ4n) is 2.63. The van der Waals surface area contributed by atoms with Gasteiger partial charge in [0.15, 0.2) is 0 Å². The Morgan fingerprint density at radius 1 is 1.05 bits per heavy atom. The van der Waals surface area contributed by atoms with Gasteiger partial charge in [0.05, 0.1) is 11.2 Å². The van der Waals surface area contributed by atoms with Crippen molar-refractivity contribution in [3.8, 4) is 17.0 Å². The van der Waals surface area contributed by atoms with Crippen LogP contribution in [0.3, 0.4) is 0 Å². The van der Waals surface area contributed by atoms with Gasteiger partial charge < -0.3 is 4.74 Å². The molecule has 1 aliphatic heterocycles. The van der Waals surface area contributed by atoms with Crippen molar-refractivity contribution in [2.45, 2.75) is 13.5 Å². The number of nitrogens with zero attached hydrogens (tertiary/aromatic N) is 1. The van der Waals surface area contributed by atoms with Crippen molar-refractivity contribution in [1.29, 1.82) is 0 Å². The highest BCUT2D eigenvalue weighted by molar-refractivity contribution is 5.85. The minimum atomic E-state index is 0.600. The van der Waals surface area contributed by atoms with Crippen LogP contribution in [0.15, 0.2) is 48.5 Å². The molecule has 0 radical (unpaired) electrons. The molecule has 0 unspecified atom stereocenters. The smallest absolute Gasteiger partial charge is 0.129 e. The van der Waals surface area contributed by atoms with Crippen LogP contribution in [0.4, 0.5) is 0 Å². The van der Waals surface area contributed by atoms with E-state index >= 15 is 0 Å². The molecule has 3 aromatic rings. The minimum absolute atomic E-state index is 0.600. The Hall–Kier alpha value is -2.35. The second-order valence-corrected chi connectivity index (χ2v) is 4.98. The van der Waals surface area contributed by atoms with Crippen molar-refractivity contribution < 1.29 is 4.74 Å². The van der Waals surface area contributed by atoms with E-state index in [1.165, 1.54) is 10.9 Å². The molecule has 1 aliphatic rings. The van der Waals surface area contributed by atoms with Crippen LogP contribution in [0.2, 0.25) is 0 Å². The van der Waals surface area contributed by atoms with Crippen molar-refractivity contribution in [3.63, 3.8) is 0 Å². The summed E-state index contributed by atoms with van der Waals surface area (Å²) >= 11 is 0. The number of aromatic nitrogens is 1. The SMILES string of the molecule is Cc1ccc2nc3c(cc2c1)COc1ccccc1-3. The number of aryl methyl sites for hydroxylation is 1. The molecule has 0 N–H and O–H groups in total. The van der Waals surface area contributed by atoms with Gasteiger partial charge in [0.1, 0.15) is 12.4 Å². The molecular formula is C17H13NO. The number of para-hydroxylation sites is 1. The van der Waals surface area contributed by atoms with E-state index in [9.17, 15) is 0 Å². The molecule has 92 valence electrons. The van der Waals surface area contributed by atoms with Crippen LogP contribution < -0.4 is 4.74 Å². The largest absolute Gasteiger partial charge is 0.488 e. The topological polar surface area (TPSA) is 22.1 Å². The summed E-state index contributed by atoms with van der Waals surface area (Å²) in [5, 5.41) is 1.18. The van der Waals surface area contributed by atoms with Crippen molar-refractivity contribution in [1.82, 2.24) is 4.98 Å². The van der Waals surface area contributed by atoms with Gasteiger partial charge in [-0.05, 0) is 37.3 Å². The number of rotatable bonds is 0. The monoisotopic (exact) mass is 247 g/mol. The number of benzene rings is 2. The average molecular weight is 247 g/mol. The van der Waals surface area contributed by atoms with Gasteiger partial charge in [-0.25, -0.2) is 4.98 Å². The van der Waals surface area contributed by atoms with E-state index in [2.05, 4.69) is 37.3 Å². The Labute approximate surface area is 111 Å². The Kier molecular flexibility index (Phi) is 2.12. The van der Waals surface area contributed by atoms with Gasteiger partial charge in [0.25, 0.3) is 0 Å². The van der Waals surface area contributed by atoms with Crippen LogP contribution >= 0.6 is 0 Å². The third-order valence-electron chi connectivity index (χ3n) is 3.57. The highest BCUT2D eigenvalue weighted by atomic mass is 16.5. The summed E-state index contributed by atoms with van der Waals surface area (Å²) in [6.45, 7) is 2.70. The van der Waals surface area contributed by atoms with E-state index in [4.69, 9.17) is 9.72 Å². The summed E-state index contributed by atoms with van der Waals surface area (Å²) in [6, 6.07) is 16.6. The van der Waals surface area contributed by atoms with E-state index in [-0.39, 0.29) is 0 Å². The van der Waals surface area contributed by atoms with Gasteiger partial charge in [0.2, 0.25) is 0 Å². The maximum absolute atomic E-state index is 5.79. The van der Waals surface area contributed by atoms with Gasteiger partial charge in [-0.2, -0.15) is 0 Å². The van der Waals surface area contributed by atoms with Crippen molar-refractivity contribution >= 4 is 10.9 Å². The zero-order valence-electron chi connectivity index (χ0n) is 10.7. The standard InChI is InChI=1S/C17H13NO/c1-11-6-7-15-12(8-11)9-13-10-19-16-5-3-2-4-14(16)17(13)18-15/h2-9H,10H2,1H3. The first kappa shape index (κ1) is 10.6. The number of ether oxygens (including phenoxy) is 1. The zero-order chi connectivity index (χ0) is 12.8. The third-order valence-corrected chi connectivity index (χ3v) is 3.57. The lowest BCUT2D eigenvalue weighted by molar-refractivity contribution is 0.302. The first-order chi connectivity index (χ1) is 9.31. The molecule has 0 amide bonds. The molecule has 0 fully saturated rings. The number of pyridine rings is 1. The van der Waals surface area contributed by atoms with E-state index in [0.717, 1.165) is 28.1 Å². The Bertz CT molecular complexity index is 792. The molecule has 0 aliphatic carbocycles. The number of hydrogen-bond donors (Lipinski definition) is 0. The summed E-state index contributed by atoms with van der Waals surface area (Å²) in [4.78, 5) is 4.82. The van der Waals surface area contributed by atoms with Crippen LogP contribution in [0.5, 0.6) is 5.75 Å². The van der Waals surface area contributed by atoms with Gasteiger partial charge in [0, 0.05) is 16.5 Å². The number of hydrogen-bond acceptors (Lipinski definition) is 2. The van der Waals surface area contributed by atoms with Crippen molar-refractivity contribution in [2.24, 2.45) is 0 Å². The Balaban J connectivity index is 2.03. The van der Waals surface area contributed by atoms with Crippen LogP contribution in [-0.2, 0) is 6.61 Å². The van der Waals surface area contributed by atoms with Crippen LogP contribution in [0, 0.1) is 6.92 Å². The fourth-order valence-corrected chi connectivity index (χ4v) is 2.63. The molecule has 2 heteroatoms. The second-order valence-electron chi connectivity index (χ2n) is 4.98. The van der Waals surface area contributed by atoms with E-state index in [1.54, 1.807) is 0 Å². The van der Waals surface area contributed by atoms with Gasteiger partial charge >= 0.3 is 0 Å². The molecule has 4 rings (SSSR count). The number of fused-ring (bicyclic) bond motifs is 4. The van der Waals surface area contributed by atoms with E-state index < -0.39 is 0 Å². The highest BCUT2D eigenvalue weighted by Crippen LogP contribution is 2.37. The molecule has 0 saturated heterocycles. The molecule has 1 aromatic heterocycles. The first-order valence-corrected chi connectivity index (χ1v) is 6.44. The molecule has 0 atom stereocenters. The molecule has 0 saturated carbocycles. The highest BCUT2D eigenvalue weighted by Gasteiger charge is 2.18. The quantitative estimate of drug-likeness (QED) is 0.596. The second kappa shape index (κ2) is 3.82. The van der Waals surface area contributed by atoms with Gasteiger partial charge in [-0.15, -0.1) is 0 Å². The van der Waals surface area contributed by atoms with Crippen molar-refractivity contribution in [3.05, 3.63) is 59.7 Å². The van der Waals surface area contributed by atoms with E-state index in [1.807, 2.05) is 18.2 Å². The lowest BCUT2D eigenvalue weighted by atomic mass is 10.0. The predicted molar refractivity (Wildman–Crippen MR) is 76.2 cm³/mol. The van der Waals surface area contributed by atoms with Gasteiger partial charge in [-0.1, -0.05) is 23.8 Å². The summed E-state index contributed by atoms with van der Waals surface area (Å²) in [5.41, 5.74) is 5.61. The molecule has 2 nitrogen and oxygen atoms in total. The predicted octanol–water partition coefficient (Wildman–Crippen LogP) is 4.10. The molecule has 2 aromatic carbocycles. The summed E-state index contributed by atoms with van der Waals surface area (Å²) in [6.07, 6.45) is 0. The maximum Gasteiger partial charge on any atom is 0.129 e. The van der Waals surface area contributed by atoms with Crippen LogP contribution in [0.1, 0.15) is 11.1 Å². The lowest BCUT2D eigenvalue weighted by Crippen LogP contribution is -2.07. The summed E-state index contributed by atoms with van der Waals surface area (Å²) < 4.78 is 5.79.